The minimum Gasteiger partial charge on any atom is -0.477 e. The van der Waals surface area contributed by atoms with E-state index in [9.17, 15) is 19.5 Å². The van der Waals surface area contributed by atoms with E-state index in [1.807, 2.05) is 21.1 Å². The number of hydrogen-bond acceptors (Lipinski definition) is 7. The predicted molar refractivity (Wildman–Crippen MR) is 336 cm³/mol. The second-order valence-corrected chi connectivity index (χ2v) is 22.7. The lowest BCUT2D eigenvalue weighted by atomic mass is 10.0. The van der Waals surface area contributed by atoms with Crippen LogP contribution in [-0.4, -0.2) is 87.4 Å². The van der Waals surface area contributed by atoms with Crippen molar-refractivity contribution in [2.75, 3.05) is 47.5 Å². The van der Waals surface area contributed by atoms with Gasteiger partial charge in [0.15, 0.2) is 6.10 Å². The van der Waals surface area contributed by atoms with Crippen molar-refractivity contribution in [2.45, 2.75) is 283 Å². The molecule has 0 amide bonds. The lowest BCUT2D eigenvalue weighted by Gasteiger charge is -2.25. The van der Waals surface area contributed by atoms with Crippen molar-refractivity contribution in [2.24, 2.45) is 0 Å². The smallest absolute Gasteiger partial charge is 0.361 e. The molecule has 0 spiro atoms. The van der Waals surface area contributed by atoms with Gasteiger partial charge in [-0.05, 0) is 96.3 Å². The summed E-state index contributed by atoms with van der Waals surface area (Å²) in [6.07, 6.45) is 79.4. The van der Waals surface area contributed by atoms with E-state index in [1.54, 1.807) is 0 Å². The Labute approximate surface area is 486 Å². The Morgan fingerprint density at radius 2 is 0.722 bits per heavy atom. The second-order valence-electron chi connectivity index (χ2n) is 22.7. The number of nitrogens with zero attached hydrogens (tertiary/aromatic N) is 1. The van der Waals surface area contributed by atoms with Crippen LogP contribution in [0.2, 0.25) is 0 Å². The summed E-state index contributed by atoms with van der Waals surface area (Å²) in [7, 11) is 5.97. The fraction of sp³-hybridized carbons (Fsp3) is 0.729. The Balaban J connectivity index is 4.05. The van der Waals surface area contributed by atoms with Crippen LogP contribution in [0.25, 0.3) is 0 Å². The topological polar surface area (TPSA) is 108 Å². The summed E-state index contributed by atoms with van der Waals surface area (Å²) in [6.45, 7) is 4.76. The Bertz CT molecular complexity index is 1620. The van der Waals surface area contributed by atoms with Crippen LogP contribution in [-0.2, 0) is 33.3 Å². The zero-order valence-corrected chi connectivity index (χ0v) is 51.8. The number of rotatable bonds is 59. The number of ether oxygens (including phenoxy) is 4. The molecule has 0 bridgehead atoms. The van der Waals surface area contributed by atoms with Crippen molar-refractivity contribution in [3.8, 4) is 0 Å². The van der Waals surface area contributed by atoms with E-state index in [-0.39, 0.29) is 32.2 Å². The van der Waals surface area contributed by atoms with Crippen LogP contribution in [0.4, 0.5) is 0 Å². The number of hydrogen-bond donors (Lipinski definition) is 1. The molecular weight excluding hydrogens is 983 g/mol. The third-order valence-electron chi connectivity index (χ3n) is 13.8. The molecule has 0 aliphatic heterocycles. The number of likely N-dealkylation sites (N-methyl/N-ethyl adjacent to an activating group) is 1. The molecule has 0 saturated carbocycles. The van der Waals surface area contributed by atoms with Crippen LogP contribution >= 0.6 is 0 Å². The Morgan fingerprint density at radius 1 is 0.392 bits per heavy atom. The van der Waals surface area contributed by atoms with Crippen molar-refractivity contribution in [1.29, 1.82) is 0 Å². The molecule has 0 aromatic carbocycles. The van der Waals surface area contributed by atoms with Crippen molar-refractivity contribution in [3.05, 3.63) is 97.2 Å². The number of carboxylic acids is 1. The molecule has 2 unspecified atom stereocenters. The van der Waals surface area contributed by atoms with Crippen LogP contribution in [0.1, 0.15) is 271 Å². The van der Waals surface area contributed by atoms with Crippen molar-refractivity contribution in [1.82, 2.24) is 0 Å². The average molecular weight is 1110 g/mol. The Kier molecular flexibility index (Phi) is 57.4. The maximum absolute atomic E-state index is 12.9. The normalized spacial score (nSPS) is 13.4. The van der Waals surface area contributed by atoms with Crippen LogP contribution in [0, 0.1) is 0 Å². The van der Waals surface area contributed by atoms with Crippen LogP contribution < -0.4 is 0 Å². The number of esters is 2. The average Bonchev–Trinajstić information content (AvgIpc) is 3.42. The lowest BCUT2D eigenvalue weighted by Crippen LogP contribution is -2.40. The number of carbonyl (C=O) groups excluding carboxylic acids is 2. The maximum atomic E-state index is 12.9. The van der Waals surface area contributed by atoms with Gasteiger partial charge >= 0.3 is 17.9 Å². The van der Waals surface area contributed by atoms with Gasteiger partial charge in [0.05, 0.1) is 34.4 Å². The highest BCUT2D eigenvalue weighted by Crippen LogP contribution is 2.17. The first-order valence-corrected chi connectivity index (χ1v) is 32.4. The molecule has 0 saturated heterocycles. The Hall–Kier alpha value is -3.79. The molecule has 0 aliphatic rings. The Morgan fingerprint density at radius 3 is 1.09 bits per heavy atom. The highest BCUT2D eigenvalue weighted by atomic mass is 16.7. The van der Waals surface area contributed by atoms with Gasteiger partial charge in [0, 0.05) is 12.8 Å². The fourth-order valence-corrected chi connectivity index (χ4v) is 8.87. The lowest BCUT2D eigenvalue weighted by molar-refractivity contribution is -0.870. The molecule has 9 heteroatoms. The van der Waals surface area contributed by atoms with Gasteiger partial charge in [-0.15, -0.1) is 0 Å². The first-order valence-electron chi connectivity index (χ1n) is 32.4. The highest BCUT2D eigenvalue weighted by Gasteiger charge is 2.25. The van der Waals surface area contributed by atoms with E-state index >= 15 is 0 Å². The van der Waals surface area contributed by atoms with Gasteiger partial charge in [-0.2, -0.15) is 0 Å². The summed E-state index contributed by atoms with van der Waals surface area (Å²) in [5.74, 6) is -2.01. The molecule has 79 heavy (non-hydrogen) atoms. The van der Waals surface area contributed by atoms with Crippen LogP contribution in [0.3, 0.4) is 0 Å². The van der Waals surface area contributed by atoms with E-state index in [2.05, 4.69) is 111 Å². The number of carbonyl (C=O) groups is 3. The maximum Gasteiger partial charge on any atom is 0.361 e. The molecule has 0 rings (SSSR count). The second kappa shape index (κ2) is 60.3. The molecular formula is C70H122NO8+. The predicted octanol–water partition coefficient (Wildman–Crippen LogP) is 19.7. The summed E-state index contributed by atoms with van der Waals surface area (Å²) in [6, 6.07) is 0. The number of carboxylic acid groups (broad SMARTS) is 1. The third kappa shape index (κ3) is 61.7. The van der Waals surface area contributed by atoms with E-state index in [0.717, 1.165) is 103 Å². The van der Waals surface area contributed by atoms with Crippen molar-refractivity contribution in [3.63, 3.8) is 0 Å². The monoisotopic (exact) mass is 1100 g/mol. The summed E-state index contributed by atoms with van der Waals surface area (Å²) >= 11 is 0. The zero-order chi connectivity index (χ0) is 57.6. The largest absolute Gasteiger partial charge is 0.477 e. The van der Waals surface area contributed by atoms with Crippen molar-refractivity contribution < 1.29 is 42.9 Å². The summed E-state index contributed by atoms with van der Waals surface area (Å²) in [4.78, 5) is 37.4. The third-order valence-corrected chi connectivity index (χ3v) is 13.8. The van der Waals surface area contributed by atoms with Gasteiger partial charge in [-0.1, -0.05) is 259 Å². The highest BCUT2D eigenvalue weighted by molar-refractivity contribution is 5.71. The molecule has 0 aliphatic carbocycles. The van der Waals surface area contributed by atoms with Gasteiger partial charge in [-0.25, -0.2) is 4.79 Å². The van der Waals surface area contributed by atoms with Gasteiger partial charge in [-0.3, -0.25) is 9.59 Å². The molecule has 0 aromatic rings. The minimum atomic E-state index is -1.51. The van der Waals surface area contributed by atoms with Gasteiger partial charge in [0.1, 0.15) is 13.2 Å². The molecule has 0 aromatic heterocycles. The van der Waals surface area contributed by atoms with Gasteiger partial charge < -0.3 is 28.5 Å². The van der Waals surface area contributed by atoms with Crippen LogP contribution in [0.5, 0.6) is 0 Å². The first-order chi connectivity index (χ1) is 38.6. The van der Waals surface area contributed by atoms with E-state index in [4.69, 9.17) is 18.9 Å². The minimum absolute atomic E-state index is 0.185. The van der Waals surface area contributed by atoms with Gasteiger partial charge in [0.2, 0.25) is 0 Å². The molecule has 1 N–H and O–H groups in total. The fourth-order valence-electron chi connectivity index (χ4n) is 8.87. The number of unbranched alkanes of at least 4 members (excludes halogenated alkanes) is 28. The molecule has 2 atom stereocenters. The summed E-state index contributed by atoms with van der Waals surface area (Å²) in [5.41, 5.74) is 0. The quantitative estimate of drug-likeness (QED) is 0.0211. The number of quaternary nitrogens is 1. The standard InChI is InChI=1S/C70H121NO8/c1-6-8-10-12-14-16-18-20-22-23-24-25-26-27-28-29-30-31-32-33-34-35-36-37-38-39-40-41-42-43-44-45-47-49-51-53-55-57-59-61-68(73)79-66(65-78-70(69(74)75)76-63-62-71(3,4)5)64-77-67(72)60-58-56-54-52-50-48-46-21-19-17-15-13-11-9-7-2/h8,10,14,16,20-22,24-25,27-28,30-31,33-34,46,66,70H,6-7,9,11-13,15,17-19,23,26,29,32,35-45,47-65H2,1-5H3/p+1/b10-8-,16-14-,22-20-,25-24-,28-27-,31-30-,34-33-,46-21-. The molecule has 0 fully saturated rings. The van der Waals surface area contributed by atoms with E-state index < -0.39 is 24.3 Å². The molecule has 9 nitrogen and oxygen atoms in total. The van der Waals surface area contributed by atoms with E-state index in [1.165, 1.54) is 141 Å². The van der Waals surface area contributed by atoms with Gasteiger partial charge in [0.25, 0.3) is 6.29 Å². The summed E-state index contributed by atoms with van der Waals surface area (Å²) < 4.78 is 22.9. The van der Waals surface area contributed by atoms with Crippen LogP contribution in [0.15, 0.2) is 97.2 Å². The van der Waals surface area contributed by atoms with E-state index in [0.29, 0.717) is 17.4 Å². The van der Waals surface area contributed by atoms with Crippen molar-refractivity contribution >= 4 is 17.9 Å². The number of aliphatic carboxylic acids is 1. The molecule has 454 valence electrons. The molecule has 0 radical (unpaired) electrons. The molecule has 0 heterocycles. The first kappa shape index (κ1) is 75.2. The zero-order valence-electron chi connectivity index (χ0n) is 51.8. The SMILES string of the molecule is CC/C=C\C/C=C\C/C=C\C/C=C\C/C=C\C/C=C\C/C=C\CCCCCCCCCCCCCCCCCCCC(=O)OC(COC(=O)CCCCCCC/C=C\CCCCCCCC)COC(OCC[N+](C)(C)C)C(=O)O. The number of allylic oxidation sites excluding steroid dienone is 16. The summed E-state index contributed by atoms with van der Waals surface area (Å²) in [5, 5.41) is 9.71.